The average Bonchev–Trinajstić information content (AvgIpc) is 2.34. The summed E-state index contributed by atoms with van der Waals surface area (Å²) in [6.07, 6.45) is 3.01. The normalized spacial score (nSPS) is 10.3. The molecule has 1 heterocycles. The van der Waals surface area contributed by atoms with Crippen LogP contribution in [0.15, 0.2) is 11.7 Å². The van der Waals surface area contributed by atoms with Crippen LogP contribution < -0.4 is 0 Å². The zero-order valence-electron chi connectivity index (χ0n) is 6.37. The van der Waals surface area contributed by atoms with E-state index in [4.69, 9.17) is 0 Å². The van der Waals surface area contributed by atoms with E-state index in [9.17, 15) is 0 Å². The first-order valence-electron chi connectivity index (χ1n) is 3.49. The van der Waals surface area contributed by atoms with E-state index < -0.39 is 0 Å². The Morgan fingerprint density at radius 3 is 3.00 bits per heavy atom. The van der Waals surface area contributed by atoms with E-state index in [-0.39, 0.29) is 0 Å². The summed E-state index contributed by atoms with van der Waals surface area (Å²) in [4.78, 5) is 5.35. The van der Waals surface area contributed by atoms with Gasteiger partial charge in [0.15, 0.2) is 0 Å². The molecule has 0 unspecified atom stereocenters. The molecule has 0 atom stereocenters. The Labute approximate surface area is 66.7 Å². The Kier molecular flexibility index (Phi) is 2.94. The minimum atomic E-state index is 0.682. The largest absolute Gasteiger partial charge is 0.253 e. The fourth-order valence-corrected chi connectivity index (χ4v) is 1.27. The van der Waals surface area contributed by atoms with Crippen molar-refractivity contribution in [3.05, 3.63) is 16.6 Å². The molecule has 0 saturated heterocycles. The maximum Gasteiger partial charge on any atom is 0.119 e. The fraction of sp³-hybridized carbons (Fsp3) is 0.571. The third kappa shape index (κ3) is 2.52. The second-order valence-corrected chi connectivity index (χ2v) is 3.62. The van der Waals surface area contributed by atoms with Crippen molar-refractivity contribution in [2.75, 3.05) is 0 Å². The molecule has 0 saturated carbocycles. The minimum Gasteiger partial charge on any atom is -0.253 e. The maximum absolute atomic E-state index is 4.00. The second-order valence-electron chi connectivity index (χ2n) is 2.65. The van der Waals surface area contributed by atoms with E-state index in [2.05, 4.69) is 26.1 Å². The molecule has 0 aliphatic heterocycles. The zero-order chi connectivity index (χ0) is 7.40. The number of aromatic nitrogens is 1. The molecule has 1 aromatic heterocycles. The van der Waals surface area contributed by atoms with Gasteiger partial charge in [-0.2, -0.15) is 0 Å². The van der Waals surface area contributed by atoms with Gasteiger partial charge in [-0.1, -0.05) is 19.7 Å². The molecule has 0 bridgehead atoms. The van der Waals surface area contributed by atoms with Crippen molar-refractivity contribution in [1.29, 1.82) is 0 Å². The van der Waals surface area contributed by atoms with E-state index >= 15 is 0 Å². The van der Waals surface area contributed by atoms with Gasteiger partial charge in [0.1, 0.15) is 7.28 Å². The maximum atomic E-state index is 4.00. The average molecular weight is 152 g/mol. The molecule has 0 amide bonds. The van der Waals surface area contributed by atoms with Crippen molar-refractivity contribution in [2.45, 2.75) is 26.0 Å². The van der Waals surface area contributed by atoms with Gasteiger partial charge in [-0.05, 0) is 6.32 Å². The Morgan fingerprint density at radius 2 is 2.50 bits per heavy atom. The molecule has 3 heteroatoms. The van der Waals surface area contributed by atoms with Crippen molar-refractivity contribution < 1.29 is 0 Å². The summed E-state index contributed by atoms with van der Waals surface area (Å²) in [6, 6.07) is 0. The van der Waals surface area contributed by atoms with Crippen LogP contribution in [0.2, 0.25) is 5.82 Å². The molecule has 0 spiro atoms. The van der Waals surface area contributed by atoms with E-state index in [1.165, 1.54) is 4.88 Å². The molecule has 1 radical (unpaired) electrons. The van der Waals surface area contributed by atoms with Crippen LogP contribution in [-0.2, 0) is 6.32 Å². The van der Waals surface area contributed by atoms with Crippen LogP contribution in [-0.4, -0.2) is 12.3 Å². The van der Waals surface area contributed by atoms with E-state index in [1.807, 2.05) is 11.7 Å². The summed E-state index contributed by atoms with van der Waals surface area (Å²) in [5.41, 5.74) is 1.88. The van der Waals surface area contributed by atoms with Crippen molar-refractivity contribution in [2.24, 2.45) is 0 Å². The van der Waals surface area contributed by atoms with Crippen molar-refractivity contribution in [3.8, 4) is 0 Å². The molecule has 0 aliphatic rings. The van der Waals surface area contributed by atoms with Gasteiger partial charge in [-0.25, -0.2) is 0 Å². The molecule has 10 heavy (non-hydrogen) atoms. The lowest BCUT2D eigenvalue weighted by Crippen LogP contribution is -1.98. The van der Waals surface area contributed by atoms with Crippen molar-refractivity contribution in [1.82, 2.24) is 4.98 Å². The fourth-order valence-electron chi connectivity index (χ4n) is 0.695. The molecular formula is C7H11BNS. The Morgan fingerprint density at radius 1 is 1.70 bits per heavy atom. The van der Waals surface area contributed by atoms with Gasteiger partial charge in [0.25, 0.3) is 0 Å². The third-order valence-electron chi connectivity index (χ3n) is 1.27. The SMILES string of the molecule is CC(C)[B]Cc1cncs1. The van der Waals surface area contributed by atoms with Gasteiger partial charge in [0, 0.05) is 11.1 Å². The van der Waals surface area contributed by atoms with Crippen molar-refractivity contribution in [3.63, 3.8) is 0 Å². The van der Waals surface area contributed by atoms with Gasteiger partial charge in [-0.15, -0.1) is 11.3 Å². The molecule has 0 fully saturated rings. The summed E-state index contributed by atoms with van der Waals surface area (Å²) in [5, 5.41) is 0. The highest BCUT2D eigenvalue weighted by Gasteiger charge is 1.98. The van der Waals surface area contributed by atoms with E-state index in [0.29, 0.717) is 5.82 Å². The number of hydrogen-bond acceptors (Lipinski definition) is 2. The van der Waals surface area contributed by atoms with Crippen LogP contribution in [0.3, 0.4) is 0 Å². The first-order chi connectivity index (χ1) is 4.79. The Balaban J connectivity index is 2.28. The summed E-state index contributed by atoms with van der Waals surface area (Å²) in [5.74, 6) is 0.682. The molecule has 53 valence electrons. The molecule has 1 nitrogen and oxygen atoms in total. The minimum absolute atomic E-state index is 0.682. The van der Waals surface area contributed by atoms with Crippen LogP contribution in [0.1, 0.15) is 18.7 Å². The van der Waals surface area contributed by atoms with Crippen LogP contribution in [0.5, 0.6) is 0 Å². The van der Waals surface area contributed by atoms with E-state index in [1.54, 1.807) is 11.3 Å². The lowest BCUT2D eigenvalue weighted by molar-refractivity contribution is 1.05. The number of hydrogen-bond donors (Lipinski definition) is 0. The topological polar surface area (TPSA) is 12.9 Å². The van der Waals surface area contributed by atoms with Crippen LogP contribution in [0.4, 0.5) is 0 Å². The first kappa shape index (κ1) is 7.80. The van der Waals surface area contributed by atoms with Gasteiger partial charge in [-0.3, -0.25) is 4.98 Å². The summed E-state index contributed by atoms with van der Waals surface area (Å²) >= 11 is 1.72. The molecule has 1 aromatic rings. The Hall–Kier alpha value is -0.305. The Bertz CT molecular complexity index is 172. The third-order valence-corrected chi connectivity index (χ3v) is 2.08. The predicted molar refractivity (Wildman–Crippen MR) is 46.7 cm³/mol. The monoisotopic (exact) mass is 152 g/mol. The van der Waals surface area contributed by atoms with Gasteiger partial charge in [0.05, 0.1) is 5.51 Å². The molecule has 0 aromatic carbocycles. The predicted octanol–water partition coefficient (Wildman–Crippen LogP) is 2.18. The summed E-state index contributed by atoms with van der Waals surface area (Å²) in [7, 11) is 2.30. The van der Waals surface area contributed by atoms with Gasteiger partial charge >= 0.3 is 0 Å². The van der Waals surface area contributed by atoms with Crippen LogP contribution in [0, 0.1) is 0 Å². The van der Waals surface area contributed by atoms with E-state index in [0.717, 1.165) is 6.32 Å². The van der Waals surface area contributed by atoms with Crippen LogP contribution in [0.25, 0.3) is 0 Å². The highest BCUT2D eigenvalue weighted by Crippen LogP contribution is 2.08. The summed E-state index contributed by atoms with van der Waals surface area (Å²) < 4.78 is 0. The molecular weight excluding hydrogens is 141 g/mol. The first-order valence-corrected chi connectivity index (χ1v) is 4.37. The highest BCUT2D eigenvalue weighted by atomic mass is 32.1. The standard InChI is InChI=1S/C7H11BNS/c1-6(2)8-3-7-4-9-5-10-7/h4-6H,3H2,1-2H3. The highest BCUT2D eigenvalue weighted by molar-refractivity contribution is 7.09. The number of nitrogens with zero attached hydrogens (tertiary/aromatic N) is 1. The lowest BCUT2D eigenvalue weighted by atomic mass is 9.63. The number of rotatable bonds is 3. The van der Waals surface area contributed by atoms with Crippen LogP contribution >= 0.6 is 11.3 Å². The second kappa shape index (κ2) is 3.76. The van der Waals surface area contributed by atoms with Gasteiger partial charge in [0.2, 0.25) is 0 Å². The quantitative estimate of drug-likeness (QED) is 0.605. The zero-order valence-corrected chi connectivity index (χ0v) is 7.19. The smallest absolute Gasteiger partial charge is 0.119 e. The number of thiazole rings is 1. The molecule has 0 aliphatic carbocycles. The van der Waals surface area contributed by atoms with Crippen molar-refractivity contribution >= 4 is 18.6 Å². The molecule has 0 N–H and O–H groups in total. The summed E-state index contributed by atoms with van der Waals surface area (Å²) in [6.45, 7) is 4.39. The van der Waals surface area contributed by atoms with Gasteiger partial charge < -0.3 is 0 Å². The molecule has 1 rings (SSSR count). The lowest BCUT2D eigenvalue weighted by Gasteiger charge is -1.97.